The molecule has 1 aromatic carbocycles. The van der Waals surface area contributed by atoms with E-state index in [0.717, 1.165) is 0 Å². The molecule has 0 bridgehead atoms. The second-order valence-electron chi connectivity index (χ2n) is 5.87. The average molecular weight is 347 g/mol. The zero-order valence-electron chi connectivity index (χ0n) is 14.5. The number of carbonyl (C=O) groups is 2. The second kappa shape index (κ2) is 7.29. The fourth-order valence-corrected chi connectivity index (χ4v) is 2.72. The van der Waals surface area contributed by atoms with Gasteiger partial charge in [0.05, 0.1) is 31.3 Å². The van der Waals surface area contributed by atoms with Gasteiger partial charge in [-0.25, -0.2) is 9.59 Å². The molecule has 0 amide bonds. The lowest BCUT2D eigenvalue weighted by Crippen LogP contribution is -2.30. The van der Waals surface area contributed by atoms with Crippen LogP contribution in [0.25, 0.3) is 0 Å². The Morgan fingerprint density at radius 1 is 1.00 bits per heavy atom. The van der Waals surface area contributed by atoms with Gasteiger partial charge in [-0.1, -0.05) is 6.07 Å². The number of benzene rings is 1. The van der Waals surface area contributed by atoms with Crippen molar-refractivity contribution in [2.24, 2.45) is 0 Å². The molecule has 1 aliphatic rings. The van der Waals surface area contributed by atoms with Crippen LogP contribution in [-0.2, 0) is 9.59 Å². The first-order chi connectivity index (χ1) is 11.8. The Morgan fingerprint density at radius 3 is 1.92 bits per heavy atom. The molecular weight excluding hydrogens is 326 g/mol. The molecule has 0 aliphatic carbocycles. The van der Waals surface area contributed by atoms with Gasteiger partial charge in [0, 0.05) is 18.4 Å². The van der Waals surface area contributed by atoms with Crippen LogP contribution in [0.15, 0.2) is 41.7 Å². The van der Waals surface area contributed by atoms with Gasteiger partial charge >= 0.3 is 11.9 Å². The number of methoxy groups -OCH3 is 2. The van der Waals surface area contributed by atoms with Gasteiger partial charge < -0.3 is 24.6 Å². The molecule has 2 rings (SSSR count). The van der Waals surface area contributed by atoms with E-state index in [1.165, 1.54) is 26.6 Å². The molecule has 134 valence electrons. The Kier molecular flexibility index (Phi) is 5.36. The Labute approximate surface area is 145 Å². The Bertz CT molecular complexity index is 718. The van der Waals surface area contributed by atoms with Crippen molar-refractivity contribution >= 4 is 11.9 Å². The van der Waals surface area contributed by atoms with Crippen LogP contribution in [0, 0.1) is 0 Å². The summed E-state index contributed by atoms with van der Waals surface area (Å²) >= 11 is 0. The van der Waals surface area contributed by atoms with Crippen molar-refractivity contribution in [3.05, 3.63) is 47.3 Å². The van der Waals surface area contributed by atoms with Gasteiger partial charge in [0.1, 0.15) is 0 Å². The maximum atomic E-state index is 11.8. The van der Waals surface area contributed by atoms with Gasteiger partial charge in [-0.3, -0.25) is 0 Å². The largest absolute Gasteiger partial charge is 0.493 e. The SMILES string of the molecule is COc1ccc(C2C(C(=O)O)=CN(C(C)C)C=C2C(=O)O)cc1OC. The minimum absolute atomic E-state index is 0.0131. The van der Waals surface area contributed by atoms with E-state index in [1.54, 1.807) is 23.1 Å². The molecule has 0 aromatic heterocycles. The van der Waals surface area contributed by atoms with Crippen LogP contribution < -0.4 is 9.47 Å². The minimum atomic E-state index is -1.17. The number of ether oxygens (including phenoxy) is 2. The highest BCUT2D eigenvalue weighted by atomic mass is 16.5. The van der Waals surface area contributed by atoms with E-state index in [1.807, 2.05) is 13.8 Å². The molecule has 1 heterocycles. The Balaban J connectivity index is 2.62. The van der Waals surface area contributed by atoms with E-state index in [0.29, 0.717) is 17.1 Å². The highest BCUT2D eigenvalue weighted by molar-refractivity contribution is 5.97. The molecule has 1 aromatic rings. The number of carboxylic acids is 2. The van der Waals surface area contributed by atoms with Crippen molar-refractivity contribution in [2.45, 2.75) is 25.8 Å². The summed E-state index contributed by atoms with van der Waals surface area (Å²) in [6.07, 6.45) is 2.95. The summed E-state index contributed by atoms with van der Waals surface area (Å²) in [7, 11) is 2.95. The molecule has 0 unspecified atom stereocenters. The molecule has 1 aliphatic heterocycles. The maximum Gasteiger partial charge on any atom is 0.334 e. The molecule has 7 nitrogen and oxygen atoms in total. The zero-order chi connectivity index (χ0) is 18.7. The van der Waals surface area contributed by atoms with E-state index in [9.17, 15) is 19.8 Å². The van der Waals surface area contributed by atoms with E-state index in [2.05, 4.69) is 0 Å². The summed E-state index contributed by atoms with van der Waals surface area (Å²) in [4.78, 5) is 25.1. The topological polar surface area (TPSA) is 96.3 Å². The number of carboxylic acid groups (broad SMARTS) is 2. The predicted molar refractivity (Wildman–Crippen MR) is 90.7 cm³/mol. The number of hydrogen-bond donors (Lipinski definition) is 2. The summed E-state index contributed by atoms with van der Waals surface area (Å²) < 4.78 is 10.4. The predicted octanol–water partition coefficient (Wildman–Crippen LogP) is 2.45. The number of rotatable bonds is 6. The van der Waals surface area contributed by atoms with E-state index >= 15 is 0 Å². The lowest BCUT2D eigenvalue weighted by Gasteiger charge is -2.31. The van der Waals surface area contributed by atoms with Crippen LogP contribution in [0.5, 0.6) is 11.5 Å². The van der Waals surface area contributed by atoms with Crippen LogP contribution in [-0.4, -0.2) is 47.3 Å². The summed E-state index contributed by atoms with van der Waals surface area (Å²) in [6.45, 7) is 3.70. The summed E-state index contributed by atoms with van der Waals surface area (Å²) in [5.74, 6) is -2.37. The quantitative estimate of drug-likeness (QED) is 0.816. The van der Waals surface area contributed by atoms with Crippen LogP contribution >= 0.6 is 0 Å². The van der Waals surface area contributed by atoms with E-state index < -0.39 is 17.9 Å². The summed E-state index contributed by atoms with van der Waals surface area (Å²) in [5.41, 5.74) is 0.477. The first-order valence-corrected chi connectivity index (χ1v) is 7.69. The van der Waals surface area contributed by atoms with Gasteiger partial charge in [0.2, 0.25) is 0 Å². The third-order valence-electron chi connectivity index (χ3n) is 4.03. The number of hydrogen-bond acceptors (Lipinski definition) is 5. The number of aliphatic carboxylic acids is 2. The first kappa shape index (κ1) is 18.4. The van der Waals surface area contributed by atoms with Crippen molar-refractivity contribution in [1.82, 2.24) is 4.90 Å². The van der Waals surface area contributed by atoms with Crippen LogP contribution in [0.2, 0.25) is 0 Å². The molecular formula is C18H21NO6. The maximum absolute atomic E-state index is 11.8. The molecule has 25 heavy (non-hydrogen) atoms. The molecule has 0 saturated heterocycles. The molecule has 0 saturated carbocycles. The van der Waals surface area contributed by atoms with Gasteiger partial charge in [0.25, 0.3) is 0 Å². The van der Waals surface area contributed by atoms with Crippen molar-refractivity contribution in [3.8, 4) is 11.5 Å². The molecule has 2 N–H and O–H groups in total. The summed E-state index contributed by atoms with van der Waals surface area (Å²) in [6, 6.07) is 4.80. The second-order valence-corrected chi connectivity index (χ2v) is 5.87. The number of nitrogens with zero attached hydrogens (tertiary/aromatic N) is 1. The lowest BCUT2D eigenvalue weighted by molar-refractivity contribution is -0.133. The highest BCUT2D eigenvalue weighted by Gasteiger charge is 2.34. The van der Waals surface area contributed by atoms with Crippen molar-refractivity contribution in [1.29, 1.82) is 0 Å². The smallest absolute Gasteiger partial charge is 0.334 e. The highest BCUT2D eigenvalue weighted by Crippen LogP contribution is 2.39. The normalized spacial score (nSPS) is 14.8. The summed E-state index contributed by atoms with van der Waals surface area (Å²) in [5, 5.41) is 19.3. The molecule has 0 fully saturated rings. The first-order valence-electron chi connectivity index (χ1n) is 7.69. The molecule has 0 atom stereocenters. The standard InChI is InChI=1S/C18H21NO6/c1-10(2)19-8-12(17(20)21)16(13(9-19)18(22)23)11-5-6-14(24-3)15(7-11)25-4/h5-10,16H,1-4H3,(H,20,21)(H,22,23). The van der Waals surface area contributed by atoms with Crippen LogP contribution in [0.3, 0.4) is 0 Å². The van der Waals surface area contributed by atoms with Gasteiger partial charge in [0.15, 0.2) is 11.5 Å². The lowest BCUT2D eigenvalue weighted by atomic mass is 9.83. The minimum Gasteiger partial charge on any atom is -0.493 e. The van der Waals surface area contributed by atoms with E-state index in [4.69, 9.17) is 9.47 Å². The zero-order valence-corrected chi connectivity index (χ0v) is 14.5. The van der Waals surface area contributed by atoms with Crippen molar-refractivity contribution in [2.75, 3.05) is 14.2 Å². The fourth-order valence-electron chi connectivity index (χ4n) is 2.72. The van der Waals surface area contributed by atoms with Gasteiger partial charge in [-0.2, -0.15) is 0 Å². The molecule has 0 radical (unpaired) electrons. The fraction of sp³-hybridized carbons (Fsp3) is 0.333. The third kappa shape index (κ3) is 3.60. The van der Waals surface area contributed by atoms with Crippen LogP contribution in [0.1, 0.15) is 25.3 Å². The average Bonchev–Trinajstić information content (AvgIpc) is 2.59. The van der Waals surface area contributed by atoms with Gasteiger partial charge in [-0.05, 0) is 31.5 Å². The molecule has 7 heteroatoms. The Morgan fingerprint density at radius 2 is 1.52 bits per heavy atom. The molecule has 0 spiro atoms. The Hall–Kier alpha value is -2.96. The monoisotopic (exact) mass is 347 g/mol. The van der Waals surface area contributed by atoms with Crippen molar-refractivity contribution in [3.63, 3.8) is 0 Å². The third-order valence-corrected chi connectivity index (χ3v) is 4.03. The van der Waals surface area contributed by atoms with E-state index in [-0.39, 0.29) is 17.2 Å². The van der Waals surface area contributed by atoms with Crippen molar-refractivity contribution < 1.29 is 29.3 Å². The van der Waals surface area contributed by atoms with Gasteiger partial charge in [-0.15, -0.1) is 0 Å². The van der Waals surface area contributed by atoms with Crippen LogP contribution in [0.4, 0.5) is 0 Å².